The fourth-order valence-corrected chi connectivity index (χ4v) is 3.73. The van der Waals surface area contributed by atoms with Crippen molar-refractivity contribution in [1.82, 2.24) is 14.9 Å². The summed E-state index contributed by atoms with van der Waals surface area (Å²) >= 11 is 1.03. The summed E-state index contributed by atoms with van der Waals surface area (Å²) in [6.07, 6.45) is 1.46. The number of amides is 2. The minimum Gasteiger partial charge on any atom is -0.382 e. The van der Waals surface area contributed by atoms with Gasteiger partial charge in [0.25, 0.3) is 17.4 Å². The Hall–Kier alpha value is -3.53. The van der Waals surface area contributed by atoms with E-state index in [4.69, 9.17) is 9.47 Å². The smallest absolute Gasteiger partial charge is 0.270 e. The summed E-state index contributed by atoms with van der Waals surface area (Å²) in [5, 5.41) is 17.6. The van der Waals surface area contributed by atoms with Gasteiger partial charge in [-0.25, -0.2) is 4.98 Å². The zero-order valence-electron chi connectivity index (χ0n) is 18.6. The zero-order valence-corrected chi connectivity index (χ0v) is 19.5. The van der Waals surface area contributed by atoms with Crippen LogP contribution in [0.2, 0.25) is 0 Å². The molecule has 11 nitrogen and oxygen atoms in total. The van der Waals surface area contributed by atoms with E-state index in [1.165, 1.54) is 10.8 Å². The summed E-state index contributed by atoms with van der Waals surface area (Å²) in [6, 6.07) is 6.86. The van der Waals surface area contributed by atoms with Crippen molar-refractivity contribution < 1.29 is 19.1 Å². The summed E-state index contributed by atoms with van der Waals surface area (Å²) < 4.78 is 12.0. The highest BCUT2D eigenvalue weighted by Crippen LogP contribution is 2.09. The number of hydrogen-bond acceptors (Lipinski definition) is 9. The molecule has 0 aromatic carbocycles. The molecule has 2 rings (SSSR count). The Morgan fingerprint density at radius 3 is 2.70 bits per heavy atom. The molecule has 2 aromatic heterocycles. The summed E-state index contributed by atoms with van der Waals surface area (Å²) in [5.41, 5.74) is -0.448. The third-order valence-electron chi connectivity index (χ3n) is 4.15. The first-order valence-corrected chi connectivity index (χ1v) is 11.0. The van der Waals surface area contributed by atoms with Crippen molar-refractivity contribution in [1.29, 1.82) is 5.26 Å². The van der Waals surface area contributed by atoms with Gasteiger partial charge in [-0.3, -0.25) is 19.0 Å². The van der Waals surface area contributed by atoms with Crippen LogP contribution in [0, 0.1) is 11.3 Å². The van der Waals surface area contributed by atoms with Crippen molar-refractivity contribution in [2.45, 2.75) is 20.4 Å². The number of pyridine rings is 1. The summed E-state index contributed by atoms with van der Waals surface area (Å²) in [6.45, 7) is 4.73. The fraction of sp³-hybridized carbons (Fsp3) is 0.381. The first-order chi connectivity index (χ1) is 15.9. The number of rotatable bonds is 11. The Bertz CT molecular complexity index is 1200. The molecule has 0 aliphatic rings. The quantitative estimate of drug-likeness (QED) is 0.372. The zero-order chi connectivity index (χ0) is 24.2. The van der Waals surface area contributed by atoms with Crippen LogP contribution in [0.25, 0.3) is 11.8 Å². The number of nitrogens with one attached hydrogen (secondary N) is 3. The Labute approximate surface area is 194 Å². The maximum atomic E-state index is 12.7. The van der Waals surface area contributed by atoms with Gasteiger partial charge in [0.05, 0.1) is 13.2 Å². The second-order valence-electron chi connectivity index (χ2n) is 6.46. The molecule has 0 radical (unpaired) electrons. The topological polar surface area (TPSA) is 147 Å². The molecule has 33 heavy (non-hydrogen) atoms. The number of anilines is 2. The molecule has 0 fully saturated rings. The van der Waals surface area contributed by atoms with Crippen LogP contribution in [0.1, 0.15) is 13.8 Å². The molecular formula is C21H26N6O5S. The van der Waals surface area contributed by atoms with Crippen molar-refractivity contribution >= 4 is 46.6 Å². The Balaban J connectivity index is 2.25. The molecule has 0 saturated carbocycles. The standard InChI is InChI=1S/C21H26N6O5S/c1-4-23-19(29)14(11-22)21-27(5-2)20(30)15(33-21)12-24-16-7-6-8-17(25-16)26-18(28)13-32-10-9-31-3/h6-8,12H,4-5,9-10,13H2,1-3H3,(H,23,29)(H2,24,25,26,28). The van der Waals surface area contributed by atoms with Gasteiger partial charge in [0.2, 0.25) is 0 Å². The molecule has 0 aliphatic carbocycles. The van der Waals surface area contributed by atoms with Crippen molar-refractivity contribution in [3.63, 3.8) is 0 Å². The number of nitrogens with zero attached hydrogens (tertiary/aromatic N) is 3. The number of ether oxygens (including phenoxy) is 2. The van der Waals surface area contributed by atoms with E-state index in [1.807, 2.05) is 6.07 Å². The highest BCUT2D eigenvalue weighted by atomic mass is 32.1. The first kappa shape index (κ1) is 25.7. The van der Waals surface area contributed by atoms with Crippen LogP contribution in [-0.2, 0) is 25.6 Å². The van der Waals surface area contributed by atoms with Crippen LogP contribution in [0.15, 0.2) is 23.0 Å². The maximum Gasteiger partial charge on any atom is 0.270 e. The largest absolute Gasteiger partial charge is 0.382 e. The summed E-state index contributed by atoms with van der Waals surface area (Å²) in [5.74, 6) is -0.195. The Kier molecular flexibility index (Phi) is 10.2. The highest BCUT2D eigenvalue weighted by Gasteiger charge is 2.14. The van der Waals surface area contributed by atoms with E-state index in [-0.39, 0.29) is 28.3 Å². The summed E-state index contributed by atoms with van der Waals surface area (Å²) in [7, 11) is 1.54. The van der Waals surface area contributed by atoms with Gasteiger partial charge in [-0.05, 0) is 26.0 Å². The number of thiazole rings is 1. The fourth-order valence-electron chi connectivity index (χ4n) is 2.65. The monoisotopic (exact) mass is 474 g/mol. The predicted octanol–water partition coefficient (Wildman–Crippen LogP) is -0.413. The van der Waals surface area contributed by atoms with Crippen LogP contribution in [0.3, 0.4) is 0 Å². The van der Waals surface area contributed by atoms with Crippen molar-refractivity contribution in [2.24, 2.45) is 0 Å². The van der Waals surface area contributed by atoms with E-state index in [9.17, 15) is 19.6 Å². The van der Waals surface area contributed by atoms with E-state index < -0.39 is 5.91 Å². The van der Waals surface area contributed by atoms with Gasteiger partial charge in [-0.1, -0.05) is 6.07 Å². The van der Waals surface area contributed by atoms with Gasteiger partial charge in [-0.15, -0.1) is 11.3 Å². The van der Waals surface area contributed by atoms with Crippen LogP contribution in [0.4, 0.5) is 11.6 Å². The van der Waals surface area contributed by atoms with E-state index >= 15 is 0 Å². The molecule has 0 spiro atoms. The van der Waals surface area contributed by atoms with E-state index in [0.717, 1.165) is 11.3 Å². The highest BCUT2D eigenvalue weighted by molar-refractivity contribution is 7.07. The normalized spacial score (nSPS) is 12.1. The summed E-state index contributed by atoms with van der Waals surface area (Å²) in [4.78, 5) is 41.2. The SMILES string of the molecule is CCNC(=O)C(C#N)=c1sc(=CNc2cccc(NC(=O)COCCOC)n2)c(=O)n1CC. The molecule has 0 atom stereocenters. The van der Waals surface area contributed by atoms with E-state index in [0.29, 0.717) is 42.5 Å². The minimum atomic E-state index is -0.528. The van der Waals surface area contributed by atoms with Crippen LogP contribution < -0.4 is 30.7 Å². The molecule has 2 amide bonds. The third-order valence-corrected chi connectivity index (χ3v) is 5.28. The van der Waals surface area contributed by atoms with Crippen LogP contribution in [0.5, 0.6) is 0 Å². The molecule has 176 valence electrons. The Morgan fingerprint density at radius 1 is 1.27 bits per heavy atom. The molecule has 0 aliphatic heterocycles. The van der Waals surface area contributed by atoms with E-state index in [2.05, 4.69) is 20.9 Å². The number of aromatic nitrogens is 2. The maximum absolute atomic E-state index is 12.7. The lowest BCUT2D eigenvalue weighted by Crippen LogP contribution is -2.34. The lowest BCUT2D eigenvalue weighted by molar-refractivity contribution is -0.121. The number of hydrogen-bond donors (Lipinski definition) is 3. The Morgan fingerprint density at radius 2 is 2.03 bits per heavy atom. The second-order valence-corrected chi connectivity index (χ2v) is 7.49. The molecule has 0 saturated heterocycles. The second kappa shape index (κ2) is 13.1. The lowest BCUT2D eigenvalue weighted by atomic mass is 10.3. The number of carbonyl (C=O) groups is 2. The average Bonchev–Trinajstić information content (AvgIpc) is 3.11. The minimum absolute atomic E-state index is 0.115. The number of carbonyl (C=O) groups excluding carboxylic acids is 2. The molecule has 0 bridgehead atoms. The number of nitriles is 1. The van der Waals surface area contributed by atoms with Gasteiger partial charge in [0.15, 0.2) is 5.57 Å². The molecule has 0 unspecified atom stereocenters. The van der Waals surface area contributed by atoms with Crippen LogP contribution >= 0.6 is 11.3 Å². The third kappa shape index (κ3) is 7.25. The van der Waals surface area contributed by atoms with Gasteiger partial charge >= 0.3 is 0 Å². The van der Waals surface area contributed by atoms with Crippen molar-refractivity contribution in [3.05, 3.63) is 37.7 Å². The van der Waals surface area contributed by atoms with Gasteiger partial charge in [-0.2, -0.15) is 5.26 Å². The van der Waals surface area contributed by atoms with Gasteiger partial charge in [0.1, 0.15) is 33.5 Å². The average molecular weight is 475 g/mol. The molecule has 2 aromatic rings. The van der Waals surface area contributed by atoms with Gasteiger partial charge in [0, 0.05) is 26.4 Å². The molecule has 12 heteroatoms. The molecule has 2 heterocycles. The first-order valence-electron chi connectivity index (χ1n) is 10.2. The lowest BCUT2D eigenvalue weighted by Gasteiger charge is -2.07. The molecule has 3 N–H and O–H groups in total. The van der Waals surface area contributed by atoms with Crippen molar-refractivity contribution in [3.8, 4) is 6.07 Å². The molecular weight excluding hydrogens is 448 g/mol. The van der Waals surface area contributed by atoms with Gasteiger partial charge < -0.3 is 25.4 Å². The van der Waals surface area contributed by atoms with Crippen molar-refractivity contribution in [2.75, 3.05) is 44.1 Å². The van der Waals surface area contributed by atoms with Crippen LogP contribution in [-0.4, -0.2) is 54.8 Å². The predicted molar refractivity (Wildman–Crippen MR) is 125 cm³/mol. The van der Waals surface area contributed by atoms with E-state index in [1.54, 1.807) is 39.2 Å². The number of methoxy groups -OCH3 is 1.